The second-order valence-corrected chi connectivity index (χ2v) is 5.11. The Morgan fingerprint density at radius 2 is 2.20 bits per heavy atom. The highest BCUT2D eigenvalue weighted by Crippen LogP contribution is 2.31. The molecule has 20 heavy (non-hydrogen) atoms. The van der Waals surface area contributed by atoms with Gasteiger partial charge in [-0.25, -0.2) is 8.78 Å². The van der Waals surface area contributed by atoms with Crippen LogP contribution in [0.5, 0.6) is 0 Å². The monoisotopic (exact) mass is 284 g/mol. The summed E-state index contributed by atoms with van der Waals surface area (Å²) in [7, 11) is 1.83. The molecule has 112 valence electrons. The summed E-state index contributed by atoms with van der Waals surface area (Å²) in [6.45, 7) is 4.92. The zero-order valence-corrected chi connectivity index (χ0v) is 12.0. The van der Waals surface area contributed by atoms with Crippen molar-refractivity contribution in [3.63, 3.8) is 0 Å². The SMILES string of the molecule is CCCN1CCOC(CNC)C1c1cc(F)ccc1F. The van der Waals surface area contributed by atoms with E-state index in [0.29, 0.717) is 18.7 Å². The lowest BCUT2D eigenvalue weighted by atomic mass is 9.97. The van der Waals surface area contributed by atoms with Gasteiger partial charge in [0.05, 0.1) is 18.8 Å². The van der Waals surface area contributed by atoms with E-state index in [1.54, 1.807) is 0 Å². The van der Waals surface area contributed by atoms with E-state index in [9.17, 15) is 8.78 Å². The predicted octanol–water partition coefficient (Wildman–Crippen LogP) is 2.34. The van der Waals surface area contributed by atoms with Crippen LogP contribution in [0.2, 0.25) is 0 Å². The van der Waals surface area contributed by atoms with E-state index in [2.05, 4.69) is 17.1 Å². The summed E-state index contributed by atoms with van der Waals surface area (Å²) in [5, 5.41) is 3.07. The number of hydrogen-bond donors (Lipinski definition) is 1. The molecule has 0 radical (unpaired) electrons. The summed E-state index contributed by atoms with van der Waals surface area (Å²) in [4.78, 5) is 2.18. The normalized spacial score (nSPS) is 24.0. The second kappa shape index (κ2) is 7.11. The maximum atomic E-state index is 14.1. The van der Waals surface area contributed by atoms with Gasteiger partial charge in [0, 0.05) is 18.7 Å². The molecule has 2 atom stereocenters. The summed E-state index contributed by atoms with van der Waals surface area (Å²) in [6, 6.07) is 3.39. The zero-order chi connectivity index (χ0) is 14.5. The molecule has 1 aromatic rings. The van der Waals surface area contributed by atoms with E-state index in [-0.39, 0.29) is 18.0 Å². The smallest absolute Gasteiger partial charge is 0.128 e. The first-order chi connectivity index (χ1) is 9.67. The molecule has 1 aliphatic rings. The van der Waals surface area contributed by atoms with Crippen LogP contribution in [0.15, 0.2) is 18.2 Å². The molecule has 0 amide bonds. The van der Waals surface area contributed by atoms with E-state index in [4.69, 9.17) is 4.74 Å². The first kappa shape index (κ1) is 15.4. The Bertz CT molecular complexity index is 424. The molecule has 1 N–H and O–H groups in total. The van der Waals surface area contributed by atoms with Gasteiger partial charge in [-0.05, 0) is 38.2 Å². The number of likely N-dealkylation sites (N-methyl/N-ethyl adjacent to an activating group) is 1. The molecule has 2 unspecified atom stereocenters. The van der Waals surface area contributed by atoms with E-state index in [1.807, 2.05) is 7.05 Å². The van der Waals surface area contributed by atoms with Crippen molar-refractivity contribution in [3.8, 4) is 0 Å². The fourth-order valence-electron chi connectivity index (χ4n) is 2.83. The molecule has 0 spiro atoms. The summed E-state index contributed by atoms with van der Waals surface area (Å²) in [5.74, 6) is -0.782. The van der Waals surface area contributed by atoms with Crippen LogP contribution < -0.4 is 5.32 Å². The fourth-order valence-corrected chi connectivity index (χ4v) is 2.83. The number of morpholine rings is 1. The lowest BCUT2D eigenvalue weighted by Gasteiger charge is -2.41. The maximum absolute atomic E-state index is 14.1. The highest BCUT2D eigenvalue weighted by Gasteiger charge is 2.34. The van der Waals surface area contributed by atoms with Crippen molar-refractivity contribution in [3.05, 3.63) is 35.4 Å². The Balaban J connectivity index is 2.34. The number of nitrogens with one attached hydrogen (secondary N) is 1. The number of ether oxygens (including phenoxy) is 1. The van der Waals surface area contributed by atoms with Crippen molar-refractivity contribution < 1.29 is 13.5 Å². The Morgan fingerprint density at radius 1 is 1.40 bits per heavy atom. The average Bonchev–Trinajstić information content (AvgIpc) is 2.43. The molecular weight excluding hydrogens is 262 g/mol. The van der Waals surface area contributed by atoms with Crippen molar-refractivity contribution in [1.29, 1.82) is 0 Å². The van der Waals surface area contributed by atoms with E-state index in [0.717, 1.165) is 25.6 Å². The zero-order valence-electron chi connectivity index (χ0n) is 12.0. The van der Waals surface area contributed by atoms with Gasteiger partial charge in [0.25, 0.3) is 0 Å². The molecule has 0 aliphatic carbocycles. The van der Waals surface area contributed by atoms with Gasteiger partial charge in [0.1, 0.15) is 11.6 Å². The molecule has 2 rings (SSSR count). The van der Waals surface area contributed by atoms with Gasteiger partial charge < -0.3 is 10.1 Å². The molecule has 0 bridgehead atoms. The van der Waals surface area contributed by atoms with E-state index < -0.39 is 5.82 Å². The number of nitrogens with zero attached hydrogens (tertiary/aromatic N) is 1. The van der Waals surface area contributed by atoms with Gasteiger partial charge in [0.15, 0.2) is 0 Å². The third-order valence-electron chi connectivity index (χ3n) is 3.65. The van der Waals surface area contributed by atoms with Gasteiger partial charge in [-0.1, -0.05) is 6.92 Å². The third kappa shape index (κ3) is 3.34. The molecule has 1 fully saturated rings. The number of halogens is 2. The van der Waals surface area contributed by atoms with Crippen LogP contribution in [0.3, 0.4) is 0 Å². The van der Waals surface area contributed by atoms with Crippen LogP contribution in [0, 0.1) is 11.6 Å². The van der Waals surface area contributed by atoms with Gasteiger partial charge in [0.2, 0.25) is 0 Å². The van der Waals surface area contributed by atoms with Crippen molar-refractivity contribution in [2.45, 2.75) is 25.5 Å². The lowest BCUT2D eigenvalue weighted by Crippen LogP contribution is -2.49. The lowest BCUT2D eigenvalue weighted by molar-refractivity contribution is -0.0715. The molecule has 0 aromatic heterocycles. The molecule has 3 nitrogen and oxygen atoms in total. The molecule has 0 saturated carbocycles. The van der Waals surface area contributed by atoms with Crippen LogP contribution in [-0.2, 0) is 4.74 Å². The Kier molecular flexibility index (Phi) is 5.46. The average molecular weight is 284 g/mol. The van der Waals surface area contributed by atoms with Crippen molar-refractivity contribution >= 4 is 0 Å². The highest BCUT2D eigenvalue weighted by atomic mass is 19.1. The predicted molar refractivity (Wildman–Crippen MR) is 74.6 cm³/mol. The fraction of sp³-hybridized carbons (Fsp3) is 0.600. The highest BCUT2D eigenvalue weighted by molar-refractivity contribution is 5.24. The van der Waals surface area contributed by atoms with Gasteiger partial charge in [-0.3, -0.25) is 4.90 Å². The number of hydrogen-bond acceptors (Lipinski definition) is 3. The largest absolute Gasteiger partial charge is 0.374 e. The van der Waals surface area contributed by atoms with Crippen LogP contribution in [0.25, 0.3) is 0 Å². The topological polar surface area (TPSA) is 24.5 Å². The van der Waals surface area contributed by atoms with Crippen LogP contribution in [0.4, 0.5) is 8.78 Å². The minimum atomic E-state index is -0.411. The molecule has 1 saturated heterocycles. The number of rotatable bonds is 5. The summed E-state index contributed by atoms with van der Waals surface area (Å²) in [5.41, 5.74) is 0.387. The Morgan fingerprint density at radius 3 is 2.90 bits per heavy atom. The summed E-state index contributed by atoms with van der Waals surface area (Å²) < 4.78 is 33.4. The van der Waals surface area contributed by atoms with Crippen molar-refractivity contribution in [2.24, 2.45) is 0 Å². The van der Waals surface area contributed by atoms with Crippen LogP contribution in [-0.4, -0.2) is 44.3 Å². The third-order valence-corrected chi connectivity index (χ3v) is 3.65. The summed E-state index contributed by atoms with van der Waals surface area (Å²) >= 11 is 0. The van der Waals surface area contributed by atoms with Gasteiger partial charge in [-0.2, -0.15) is 0 Å². The molecule has 1 aliphatic heterocycles. The van der Waals surface area contributed by atoms with E-state index >= 15 is 0 Å². The first-order valence-electron chi connectivity index (χ1n) is 7.12. The Labute approximate surface area is 118 Å². The van der Waals surface area contributed by atoms with Crippen molar-refractivity contribution in [2.75, 3.05) is 33.3 Å². The van der Waals surface area contributed by atoms with Gasteiger partial charge >= 0.3 is 0 Å². The number of benzene rings is 1. The van der Waals surface area contributed by atoms with Crippen LogP contribution >= 0.6 is 0 Å². The van der Waals surface area contributed by atoms with Gasteiger partial charge in [-0.15, -0.1) is 0 Å². The minimum Gasteiger partial charge on any atom is -0.374 e. The van der Waals surface area contributed by atoms with E-state index in [1.165, 1.54) is 12.1 Å². The second-order valence-electron chi connectivity index (χ2n) is 5.11. The first-order valence-corrected chi connectivity index (χ1v) is 7.12. The summed E-state index contributed by atoms with van der Waals surface area (Å²) in [6.07, 6.45) is 0.802. The quantitative estimate of drug-likeness (QED) is 0.898. The molecule has 1 aromatic carbocycles. The minimum absolute atomic E-state index is 0.170. The van der Waals surface area contributed by atoms with Crippen molar-refractivity contribution in [1.82, 2.24) is 10.2 Å². The maximum Gasteiger partial charge on any atom is 0.128 e. The molecule has 1 heterocycles. The Hall–Kier alpha value is -1.04. The van der Waals surface area contributed by atoms with Crippen LogP contribution in [0.1, 0.15) is 24.9 Å². The molecule has 5 heteroatoms. The molecular formula is C15H22F2N2O. The standard InChI is InChI=1S/C15H22F2N2O/c1-3-6-19-7-8-20-14(10-18-2)15(19)12-9-11(16)4-5-13(12)17/h4-5,9,14-15,18H,3,6-8,10H2,1-2H3.